The Morgan fingerprint density at radius 1 is 1.38 bits per heavy atom. The van der Waals surface area contributed by atoms with Crippen LogP contribution in [0.4, 0.5) is 14.0 Å². The van der Waals surface area contributed by atoms with Crippen LogP contribution >= 0.6 is 15.9 Å². The summed E-state index contributed by atoms with van der Waals surface area (Å²) in [6, 6.07) is 1.51. The van der Waals surface area contributed by atoms with Gasteiger partial charge < -0.3 is 5.73 Å². The van der Waals surface area contributed by atoms with Gasteiger partial charge in [-0.2, -0.15) is 8.42 Å². The molecule has 0 aliphatic heterocycles. The lowest BCUT2D eigenvalue weighted by atomic mass is 10.3. The number of nitrogens with two attached hydrogens (primary N) is 1. The van der Waals surface area contributed by atoms with Crippen molar-refractivity contribution in [2.45, 2.75) is 4.90 Å². The third-order valence-electron chi connectivity index (χ3n) is 1.32. The minimum absolute atomic E-state index is 0.155. The summed E-state index contributed by atoms with van der Waals surface area (Å²) >= 11 is 2.71. The molecule has 0 amide bonds. The Balaban J connectivity index is 3.50. The number of rotatable bonds is 1. The molecule has 1 aromatic rings. The van der Waals surface area contributed by atoms with E-state index in [1.54, 1.807) is 0 Å². The van der Waals surface area contributed by atoms with Crippen molar-refractivity contribution in [2.75, 3.05) is 5.73 Å². The quantitative estimate of drug-likeness (QED) is 0.626. The van der Waals surface area contributed by atoms with Gasteiger partial charge in [-0.15, -0.1) is 3.89 Å². The molecule has 0 bridgehead atoms. The fourth-order valence-corrected chi connectivity index (χ4v) is 1.85. The smallest absolute Gasteiger partial charge is 0.334 e. The van der Waals surface area contributed by atoms with Crippen LogP contribution in [0.25, 0.3) is 0 Å². The van der Waals surface area contributed by atoms with Gasteiger partial charge in [0.2, 0.25) is 0 Å². The zero-order valence-electron chi connectivity index (χ0n) is 6.09. The second-order valence-electron chi connectivity index (χ2n) is 2.24. The average molecular weight is 272 g/mol. The summed E-state index contributed by atoms with van der Waals surface area (Å²) in [5, 5.41) is 0. The summed E-state index contributed by atoms with van der Waals surface area (Å²) < 4.78 is 45.8. The molecule has 0 unspecified atom stereocenters. The summed E-state index contributed by atoms with van der Waals surface area (Å²) in [6.45, 7) is 0. The van der Waals surface area contributed by atoms with E-state index in [0.29, 0.717) is 0 Å². The lowest BCUT2D eigenvalue weighted by molar-refractivity contribution is 0.552. The molecule has 7 heteroatoms. The number of halogens is 3. The van der Waals surface area contributed by atoms with Gasteiger partial charge in [-0.25, -0.2) is 4.39 Å². The molecule has 0 saturated carbocycles. The molecule has 3 nitrogen and oxygen atoms in total. The second-order valence-corrected chi connectivity index (χ2v) is 4.41. The highest BCUT2D eigenvalue weighted by atomic mass is 79.9. The number of anilines is 1. The van der Waals surface area contributed by atoms with Crippen molar-refractivity contribution in [2.24, 2.45) is 0 Å². The molecule has 13 heavy (non-hydrogen) atoms. The number of benzene rings is 1. The average Bonchev–Trinajstić information content (AvgIpc) is 1.94. The van der Waals surface area contributed by atoms with Gasteiger partial charge in [0.05, 0.1) is 10.2 Å². The normalized spacial score (nSPS) is 11.6. The third kappa shape index (κ3) is 2.16. The molecule has 0 aromatic heterocycles. The minimum atomic E-state index is -4.89. The molecular formula is C6H4BrF2NO2S. The van der Waals surface area contributed by atoms with Crippen LogP contribution < -0.4 is 5.73 Å². The number of hydrogen-bond acceptors (Lipinski definition) is 3. The van der Waals surface area contributed by atoms with Gasteiger partial charge >= 0.3 is 10.2 Å². The van der Waals surface area contributed by atoms with Crippen LogP contribution in [0, 0.1) is 5.82 Å². The van der Waals surface area contributed by atoms with Crippen LogP contribution in [0.5, 0.6) is 0 Å². The van der Waals surface area contributed by atoms with E-state index in [0.717, 1.165) is 12.1 Å². The maximum Gasteiger partial charge on any atom is 0.334 e. The monoisotopic (exact) mass is 271 g/mol. The molecule has 0 radical (unpaired) electrons. The van der Waals surface area contributed by atoms with E-state index >= 15 is 0 Å². The predicted octanol–water partition coefficient (Wildman–Crippen LogP) is 1.83. The zero-order valence-corrected chi connectivity index (χ0v) is 8.49. The Bertz CT molecular complexity index is 446. The van der Waals surface area contributed by atoms with Crippen LogP contribution in [0.15, 0.2) is 21.5 Å². The second kappa shape index (κ2) is 3.22. The molecule has 0 saturated heterocycles. The van der Waals surface area contributed by atoms with E-state index in [1.165, 1.54) is 0 Å². The molecule has 0 spiro atoms. The first kappa shape index (κ1) is 10.4. The van der Waals surface area contributed by atoms with Crippen LogP contribution in [0.1, 0.15) is 0 Å². The van der Waals surface area contributed by atoms with Crippen molar-refractivity contribution < 1.29 is 16.7 Å². The highest BCUT2D eigenvalue weighted by Crippen LogP contribution is 2.27. The van der Waals surface area contributed by atoms with Gasteiger partial charge in [-0.05, 0) is 28.1 Å². The van der Waals surface area contributed by atoms with Gasteiger partial charge in [-0.1, -0.05) is 0 Å². The molecular weight excluding hydrogens is 268 g/mol. The van der Waals surface area contributed by atoms with Gasteiger partial charge in [0.1, 0.15) is 10.7 Å². The summed E-state index contributed by atoms with van der Waals surface area (Å²) in [4.78, 5) is -0.735. The van der Waals surface area contributed by atoms with Gasteiger partial charge in [0.25, 0.3) is 0 Å². The zero-order chi connectivity index (χ0) is 10.2. The predicted molar refractivity (Wildman–Crippen MR) is 46.8 cm³/mol. The Labute approximate surface area is 81.9 Å². The van der Waals surface area contributed by atoms with E-state index in [2.05, 4.69) is 15.9 Å². The molecule has 72 valence electrons. The van der Waals surface area contributed by atoms with Gasteiger partial charge in [0, 0.05) is 0 Å². The van der Waals surface area contributed by atoms with Crippen LogP contribution in [0.2, 0.25) is 0 Å². The summed E-state index contributed by atoms with van der Waals surface area (Å²) in [6.07, 6.45) is 0. The standard InChI is InChI=1S/C6H4BrF2NO2S/c7-3-1-6(13(9,11)12)5(10)2-4(3)8/h1-2H,10H2. The van der Waals surface area contributed by atoms with Crippen molar-refractivity contribution in [1.29, 1.82) is 0 Å². The van der Waals surface area contributed by atoms with E-state index in [-0.39, 0.29) is 4.47 Å². The first-order valence-corrected chi connectivity index (χ1v) is 5.19. The van der Waals surface area contributed by atoms with Gasteiger partial charge in [-0.3, -0.25) is 0 Å². The molecule has 0 heterocycles. The first-order chi connectivity index (χ1) is 5.82. The van der Waals surface area contributed by atoms with Crippen molar-refractivity contribution in [3.8, 4) is 0 Å². The Morgan fingerprint density at radius 2 is 1.92 bits per heavy atom. The van der Waals surface area contributed by atoms with E-state index in [4.69, 9.17) is 5.73 Å². The van der Waals surface area contributed by atoms with Crippen molar-refractivity contribution >= 4 is 31.8 Å². The summed E-state index contributed by atoms with van der Waals surface area (Å²) in [7, 11) is -4.89. The van der Waals surface area contributed by atoms with E-state index in [1.807, 2.05) is 0 Å². The topological polar surface area (TPSA) is 60.2 Å². The summed E-state index contributed by atoms with van der Waals surface area (Å²) in [5.41, 5.74) is 4.64. The lowest BCUT2D eigenvalue weighted by Crippen LogP contribution is -2.00. The van der Waals surface area contributed by atoms with Crippen LogP contribution in [0.3, 0.4) is 0 Å². The largest absolute Gasteiger partial charge is 0.398 e. The fraction of sp³-hybridized carbons (Fsp3) is 0. The maximum absolute atomic E-state index is 12.7. The Morgan fingerprint density at radius 3 is 2.38 bits per heavy atom. The molecule has 0 aliphatic carbocycles. The summed E-state index contributed by atoms with van der Waals surface area (Å²) in [5.74, 6) is -0.745. The molecule has 2 N–H and O–H groups in total. The number of hydrogen-bond donors (Lipinski definition) is 1. The van der Waals surface area contributed by atoms with Crippen molar-refractivity contribution in [1.82, 2.24) is 0 Å². The van der Waals surface area contributed by atoms with E-state index < -0.39 is 26.6 Å². The molecule has 0 fully saturated rings. The fourth-order valence-electron chi connectivity index (χ4n) is 0.755. The van der Waals surface area contributed by atoms with Crippen LogP contribution in [-0.4, -0.2) is 8.42 Å². The highest BCUT2D eigenvalue weighted by molar-refractivity contribution is 9.10. The van der Waals surface area contributed by atoms with Crippen molar-refractivity contribution in [3.05, 3.63) is 22.4 Å². The van der Waals surface area contributed by atoms with Gasteiger partial charge in [0.15, 0.2) is 0 Å². The Kier molecular flexibility index (Phi) is 2.58. The van der Waals surface area contributed by atoms with E-state index in [9.17, 15) is 16.7 Å². The Hall–Kier alpha value is -0.690. The first-order valence-electron chi connectivity index (χ1n) is 3.01. The van der Waals surface area contributed by atoms with Crippen LogP contribution in [-0.2, 0) is 10.2 Å². The van der Waals surface area contributed by atoms with Crippen molar-refractivity contribution in [3.63, 3.8) is 0 Å². The third-order valence-corrected chi connectivity index (χ3v) is 2.80. The minimum Gasteiger partial charge on any atom is -0.398 e. The molecule has 1 rings (SSSR count). The lowest BCUT2D eigenvalue weighted by Gasteiger charge is -2.01. The molecule has 1 aromatic carbocycles. The molecule has 0 atom stereocenters. The maximum atomic E-state index is 12.7. The highest BCUT2D eigenvalue weighted by Gasteiger charge is 2.18. The SMILES string of the molecule is Nc1cc(F)c(Br)cc1S(=O)(=O)F. The molecule has 0 aliphatic rings. The number of nitrogen functional groups attached to an aromatic ring is 1.